The topological polar surface area (TPSA) is 83.5 Å². The van der Waals surface area contributed by atoms with Crippen LogP contribution < -0.4 is 10.2 Å². The molecule has 0 aliphatic carbocycles. The summed E-state index contributed by atoms with van der Waals surface area (Å²) >= 11 is 18.6. The van der Waals surface area contributed by atoms with Gasteiger partial charge in [0.25, 0.3) is 5.91 Å². The first-order valence-electron chi connectivity index (χ1n) is 11.8. The smallest absolute Gasteiger partial charge is 0.345 e. The van der Waals surface area contributed by atoms with Crippen LogP contribution in [-0.4, -0.2) is 23.1 Å². The van der Waals surface area contributed by atoms with Crippen molar-refractivity contribution in [2.75, 3.05) is 0 Å². The number of rotatable bonds is 6. The van der Waals surface area contributed by atoms with E-state index in [1.54, 1.807) is 36.4 Å². The molecule has 0 aliphatic heterocycles. The zero-order valence-corrected chi connectivity index (χ0v) is 22.7. The lowest BCUT2D eigenvalue weighted by atomic mass is 10.0. The first-order valence-corrected chi connectivity index (χ1v) is 12.9. The normalized spacial score (nSPS) is 11.2. The summed E-state index contributed by atoms with van der Waals surface area (Å²) in [6.07, 6.45) is 1.40. The quantitative estimate of drug-likeness (QED) is 0.0927. The van der Waals surface area contributed by atoms with E-state index in [0.29, 0.717) is 26.9 Å². The molecule has 0 spiro atoms. The van der Waals surface area contributed by atoms with Gasteiger partial charge in [0, 0.05) is 37.6 Å². The highest BCUT2D eigenvalue weighted by molar-refractivity contribution is 6.36. The fourth-order valence-corrected chi connectivity index (χ4v) is 4.90. The molecule has 0 unspecified atom stereocenters. The van der Waals surface area contributed by atoms with Crippen molar-refractivity contribution in [1.82, 2.24) is 10.4 Å². The molecule has 0 saturated heterocycles. The van der Waals surface area contributed by atoms with Gasteiger partial charge in [-0.15, -0.1) is 0 Å². The van der Waals surface area contributed by atoms with E-state index in [1.165, 1.54) is 18.3 Å². The van der Waals surface area contributed by atoms with Crippen molar-refractivity contribution in [3.05, 3.63) is 122 Å². The predicted octanol–water partition coefficient (Wildman–Crippen LogP) is 8.09. The third-order valence-electron chi connectivity index (χ3n) is 6.05. The second kappa shape index (κ2) is 11.3. The number of aromatic amines is 1. The van der Waals surface area contributed by atoms with Crippen LogP contribution in [0.3, 0.4) is 0 Å². The number of nitrogens with zero attached hydrogens (tertiary/aromatic N) is 1. The fourth-order valence-electron chi connectivity index (χ4n) is 4.18. The molecule has 6 nitrogen and oxygen atoms in total. The van der Waals surface area contributed by atoms with Gasteiger partial charge >= 0.3 is 5.97 Å². The number of para-hydroxylation sites is 2. The van der Waals surface area contributed by atoms with E-state index in [4.69, 9.17) is 39.5 Å². The van der Waals surface area contributed by atoms with Gasteiger partial charge in [0.2, 0.25) is 0 Å². The summed E-state index contributed by atoms with van der Waals surface area (Å²) < 4.78 is 5.55. The van der Waals surface area contributed by atoms with Crippen LogP contribution in [-0.2, 0) is 0 Å². The Bertz CT molecular complexity index is 1760. The third kappa shape index (κ3) is 5.54. The number of esters is 1. The number of ether oxygens (including phenoxy) is 1. The molecule has 194 valence electrons. The molecular formula is C30H20Cl3N3O3. The molecule has 0 fully saturated rings. The minimum Gasteiger partial charge on any atom is -0.422 e. The lowest BCUT2D eigenvalue weighted by molar-refractivity contribution is 0.0734. The van der Waals surface area contributed by atoms with Gasteiger partial charge in [0.15, 0.2) is 0 Å². The average molecular weight is 577 g/mol. The molecule has 0 aliphatic rings. The molecule has 0 radical (unpaired) electrons. The van der Waals surface area contributed by atoms with Crippen molar-refractivity contribution in [1.29, 1.82) is 0 Å². The molecule has 5 rings (SSSR count). The van der Waals surface area contributed by atoms with Crippen LogP contribution in [0.15, 0.2) is 90.0 Å². The van der Waals surface area contributed by atoms with Crippen LogP contribution >= 0.6 is 34.8 Å². The van der Waals surface area contributed by atoms with E-state index in [-0.39, 0.29) is 16.3 Å². The molecule has 4 aromatic carbocycles. The minimum atomic E-state index is -0.653. The molecule has 1 amide bonds. The van der Waals surface area contributed by atoms with Crippen LogP contribution in [0.5, 0.6) is 5.75 Å². The standard InChI is InChI=1S/C30H20Cl3N3O3/c1-17-7-6-10-22-26(20-9-3-4-11-23(20)32)28(35-27(17)22)29(37)36-34-16-18-8-2-5-12-25(18)39-30(38)21-14-13-19(31)15-24(21)33/h2-16,35H,1H3,(H,36,37). The Balaban J connectivity index is 1.41. The minimum absolute atomic E-state index is 0.169. The van der Waals surface area contributed by atoms with Crippen molar-refractivity contribution in [3.8, 4) is 16.9 Å². The Hall–Kier alpha value is -4.10. The van der Waals surface area contributed by atoms with Gasteiger partial charge in [-0.2, -0.15) is 5.10 Å². The number of amides is 1. The SMILES string of the molecule is Cc1cccc2c(-c3ccccc3Cl)c(C(=O)NN=Cc3ccccc3OC(=O)c3ccc(Cl)cc3Cl)[nH]c12. The van der Waals surface area contributed by atoms with Crippen LogP contribution in [0.25, 0.3) is 22.0 Å². The van der Waals surface area contributed by atoms with Gasteiger partial charge in [-0.1, -0.05) is 83.3 Å². The van der Waals surface area contributed by atoms with Crippen molar-refractivity contribution < 1.29 is 14.3 Å². The molecule has 1 aromatic heterocycles. The number of nitrogens with one attached hydrogen (secondary N) is 2. The molecule has 0 bridgehead atoms. The third-order valence-corrected chi connectivity index (χ3v) is 6.93. The van der Waals surface area contributed by atoms with Gasteiger partial charge in [-0.3, -0.25) is 4.79 Å². The maximum absolute atomic E-state index is 13.3. The Labute approximate surface area is 239 Å². The van der Waals surface area contributed by atoms with Gasteiger partial charge in [0.1, 0.15) is 11.4 Å². The second-order valence-electron chi connectivity index (χ2n) is 8.60. The first kappa shape index (κ1) is 26.5. The summed E-state index contributed by atoms with van der Waals surface area (Å²) in [6, 6.07) is 24.5. The van der Waals surface area contributed by atoms with Crippen LogP contribution in [0.2, 0.25) is 15.1 Å². The monoisotopic (exact) mass is 575 g/mol. The van der Waals surface area contributed by atoms with Crippen molar-refractivity contribution in [3.63, 3.8) is 0 Å². The van der Waals surface area contributed by atoms with Crippen LogP contribution in [0.1, 0.15) is 32.0 Å². The number of hydrazone groups is 1. The van der Waals surface area contributed by atoms with Gasteiger partial charge in [-0.05, 0) is 48.9 Å². The van der Waals surface area contributed by atoms with Crippen molar-refractivity contribution >= 4 is 63.8 Å². The second-order valence-corrected chi connectivity index (χ2v) is 9.85. The van der Waals surface area contributed by atoms with Crippen LogP contribution in [0.4, 0.5) is 0 Å². The summed E-state index contributed by atoms with van der Waals surface area (Å²) in [7, 11) is 0. The van der Waals surface area contributed by atoms with E-state index in [2.05, 4.69) is 15.5 Å². The molecule has 1 heterocycles. The van der Waals surface area contributed by atoms with E-state index >= 15 is 0 Å². The summed E-state index contributed by atoms with van der Waals surface area (Å²) in [5, 5.41) is 6.10. The number of aromatic nitrogens is 1. The average Bonchev–Trinajstić information content (AvgIpc) is 3.31. The zero-order chi connectivity index (χ0) is 27.5. The molecule has 5 aromatic rings. The van der Waals surface area contributed by atoms with E-state index < -0.39 is 11.9 Å². The molecular weight excluding hydrogens is 557 g/mol. The Morgan fingerprint density at radius 1 is 0.897 bits per heavy atom. The number of halogens is 3. The molecule has 39 heavy (non-hydrogen) atoms. The number of H-pyrrole nitrogens is 1. The van der Waals surface area contributed by atoms with Crippen molar-refractivity contribution in [2.24, 2.45) is 5.10 Å². The maximum Gasteiger partial charge on any atom is 0.345 e. The summed E-state index contributed by atoms with van der Waals surface area (Å²) in [6.45, 7) is 1.96. The van der Waals surface area contributed by atoms with Gasteiger partial charge in [-0.25, -0.2) is 10.2 Å². The molecule has 9 heteroatoms. The summed E-state index contributed by atoms with van der Waals surface area (Å²) in [5.41, 5.74) is 6.75. The molecule has 0 atom stereocenters. The highest BCUT2D eigenvalue weighted by atomic mass is 35.5. The number of benzene rings is 4. The highest BCUT2D eigenvalue weighted by Gasteiger charge is 2.21. The highest BCUT2D eigenvalue weighted by Crippen LogP contribution is 2.37. The van der Waals surface area contributed by atoms with Crippen molar-refractivity contribution in [2.45, 2.75) is 6.92 Å². The predicted molar refractivity (Wildman–Crippen MR) is 156 cm³/mol. The van der Waals surface area contributed by atoms with Gasteiger partial charge in [0.05, 0.1) is 16.8 Å². The number of aryl methyl sites for hydroxylation is 1. The largest absolute Gasteiger partial charge is 0.422 e. The van der Waals surface area contributed by atoms with Crippen LogP contribution in [0, 0.1) is 6.92 Å². The molecule has 2 N–H and O–H groups in total. The number of hydrogen-bond acceptors (Lipinski definition) is 4. The zero-order valence-electron chi connectivity index (χ0n) is 20.5. The number of carbonyl (C=O) groups excluding carboxylic acids is 2. The number of carbonyl (C=O) groups is 2. The maximum atomic E-state index is 13.3. The Kier molecular flexibility index (Phi) is 7.70. The lowest BCUT2D eigenvalue weighted by Crippen LogP contribution is -2.19. The van der Waals surface area contributed by atoms with E-state index in [9.17, 15) is 9.59 Å². The Morgan fingerprint density at radius 2 is 1.67 bits per heavy atom. The Morgan fingerprint density at radius 3 is 2.46 bits per heavy atom. The number of fused-ring (bicyclic) bond motifs is 1. The summed E-state index contributed by atoms with van der Waals surface area (Å²) in [5.74, 6) is -0.872. The van der Waals surface area contributed by atoms with E-state index in [1.807, 2.05) is 43.3 Å². The number of hydrogen-bond donors (Lipinski definition) is 2. The lowest BCUT2D eigenvalue weighted by Gasteiger charge is -2.09. The van der Waals surface area contributed by atoms with E-state index in [0.717, 1.165) is 22.0 Å². The first-order chi connectivity index (χ1) is 18.8. The van der Waals surface area contributed by atoms with Gasteiger partial charge < -0.3 is 9.72 Å². The molecule has 0 saturated carbocycles. The summed E-state index contributed by atoms with van der Waals surface area (Å²) in [4.78, 5) is 29.3. The fraction of sp³-hybridized carbons (Fsp3) is 0.0333.